The summed E-state index contributed by atoms with van der Waals surface area (Å²) in [7, 11) is 0.493. The Bertz CT molecular complexity index is 1740. The molecule has 0 aliphatic carbocycles. The van der Waals surface area contributed by atoms with E-state index in [1.165, 1.54) is 12.1 Å². The minimum Gasteiger partial charge on any atom is -0.352 e. The van der Waals surface area contributed by atoms with Crippen molar-refractivity contribution >= 4 is 55.8 Å². The third kappa shape index (κ3) is 6.24. The average molecular weight is 547 g/mol. The average Bonchev–Trinajstić information content (AvgIpc) is 3.22. The number of hydrogen-bond acceptors (Lipinski definition) is 8. The smallest absolute Gasteiger partial charge is 0.229 e. The second-order valence-electron chi connectivity index (χ2n) is 9.02. The molecule has 3 N–H and O–H groups in total. The van der Waals surface area contributed by atoms with E-state index in [1.807, 2.05) is 47.8 Å². The maximum atomic E-state index is 13.5. The summed E-state index contributed by atoms with van der Waals surface area (Å²) in [6.07, 6.45) is 2.76. The van der Waals surface area contributed by atoms with Gasteiger partial charge >= 0.3 is 0 Å². The Morgan fingerprint density at radius 3 is 2.49 bits per heavy atom. The molecule has 0 saturated heterocycles. The van der Waals surface area contributed by atoms with Crippen molar-refractivity contribution in [2.45, 2.75) is 6.54 Å². The van der Waals surface area contributed by atoms with E-state index >= 15 is 0 Å². The van der Waals surface area contributed by atoms with Gasteiger partial charge in [-0.15, -0.1) is 0 Å². The summed E-state index contributed by atoms with van der Waals surface area (Å²) in [5.74, 6) is 1.48. The van der Waals surface area contributed by atoms with Gasteiger partial charge in [0.1, 0.15) is 11.6 Å². The number of aryl methyl sites for hydroxylation is 1. The van der Waals surface area contributed by atoms with Crippen LogP contribution >= 0.6 is 0 Å². The van der Waals surface area contributed by atoms with Crippen molar-refractivity contribution in [2.24, 2.45) is 7.05 Å². The molecule has 0 bridgehead atoms. The first kappa shape index (κ1) is 25.9. The highest BCUT2D eigenvalue weighted by atomic mass is 32.2. The molecule has 2 aromatic heterocycles. The van der Waals surface area contributed by atoms with Crippen LogP contribution in [0, 0.1) is 5.82 Å². The molecular formula is C27H27FN8O2S. The van der Waals surface area contributed by atoms with E-state index in [0.717, 1.165) is 28.5 Å². The van der Waals surface area contributed by atoms with Crippen LogP contribution in [0.15, 0.2) is 79.0 Å². The molecule has 0 atom stereocenters. The zero-order valence-corrected chi connectivity index (χ0v) is 22.4. The molecule has 10 nitrogen and oxygen atoms in total. The van der Waals surface area contributed by atoms with Crippen LogP contribution in [0.5, 0.6) is 0 Å². The van der Waals surface area contributed by atoms with Gasteiger partial charge in [-0.1, -0.05) is 12.1 Å². The molecule has 12 heteroatoms. The van der Waals surface area contributed by atoms with Crippen molar-refractivity contribution in [1.29, 1.82) is 0 Å². The van der Waals surface area contributed by atoms with Gasteiger partial charge in [0.15, 0.2) is 0 Å². The van der Waals surface area contributed by atoms with Crippen LogP contribution in [-0.4, -0.2) is 41.2 Å². The van der Waals surface area contributed by atoms with Gasteiger partial charge in [0, 0.05) is 43.9 Å². The maximum Gasteiger partial charge on any atom is 0.229 e. The first-order chi connectivity index (χ1) is 18.6. The van der Waals surface area contributed by atoms with Crippen LogP contribution in [0.1, 0.15) is 5.56 Å². The standard InChI is InChI=1S/C27H27FN8O2S/c1-35(25-13-14-29-26(33-25)31-20-7-9-21(10-8-20)34-39(3,37)38)22-11-12-24-23(16-22)32-27(36(24)2)30-17-18-5-4-6-19(28)15-18/h4-16,34H,17H2,1-3H3,(H,30,32)(H,29,31,33). The first-order valence-corrected chi connectivity index (χ1v) is 13.9. The Morgan fingerprint density at radius 2 is 1.74 bits per heavy atom. The van der Waals surface area contributed by atoms with Crippen molar-refractivity contribution in [2.75, 3.05) is 33.6 Å². The minimum atomic E-state index is -3.34. The normalized spacial score (nSPS) is 11.4. The largest absolute Gasteiger partial charge is 0.352 e. The van der Waals surface area contributed by atoms with Gasteiger partial charge in [-0.25, -0.2) is 22.8 Å². The molecule has 0 unspecified atom stereocenters. The molecule has 5 rings (SSSR count). The molecule has 0 spiro atoms. The van der Waals surface area contributed by atoms with E-state index in [2.05, 4.69) is 25.3 Å². The fraction of sp³-hybridized carbons (Fsp3) is 0.148. The van der Waals surface area contributed by atoms with E-state index in [1.54, 1.807) is 42.6 Å². The SMILES string of the molecule is CN(c1ccc2c(c1)nc(NCc1cccc(F)c1)n2C)c1ccnc(Nc2ccc(NS(C)(=O)=O)cc2)n1. The monoisotopic (exact) mass is 546 g/mol. The molecule has 0 aliphatic heterocycles. The lowest BCUT2D eigenvalue weighted by Gasteiger charge is -2.19. The molecule has 0 fully saturated rings. The highest BCUT2D eigenvalue weighted by Gasteiger charge is 2.13. The number of anilines is 6. The summed E-state index contributed by atoms with van der Waals surface area (Å²) in [6, 6.07) is 21.0. The lowest BCUT2D eigenvalue weighted by molar-refractivity contribution is 0.607. The number of benzene rings is 3. The molecule has 0 amide bonds. The third-order valence-corrected chi connectivity index (χ3v) is 6.63. The fourth-order valence-corrected chi connectivity index (χ4v) is 4.64. The van der Waals surface area contributed by atoms with Gasteiger partial charge in [0.2, 0.25) is 21.9 Å². The van der Waals surface area contributed by atoms with Gasteiger partial charge in [0.05, 0.1) is 17.3 Å². The van der Waals surface area contributed by atoms with E-state index in [4.69, 9.17) is 4.98 Å². The summed E-state index contributed by atoms with van der Waals surface area (Å²) < 4.78 is 40.7. The van der Waals surface area contributed by atoms with E-state index in [-0.39, 0.29) is 5.82 Å². The van der Waals surface area contributed by atoms with Gasteiger partial charge in [0.25, 0.3) is 0 Å². The second-order valence-corrected chi connectivity index (χ2v) is 10.8. The minimum absolute atomic E-state index is 0.269. The predicted octanol–water partition coefficient (Wildman–Crippen LogP) is 5.00. The van der Waals surface area contributed by atoms with Crippen molar-refractivity contribution < 1.29 is 12.8 Å². The Hall–Kier alpha value is -4.71. The molecule has 0 saturated carbocycles. The van der Waals surface area contributed by atoms with E-state index in [0.29, 0.717) is 35.6 Å². The molecule has 39 heavy (non-hydrogen) atoms. The molecule has 200 valence electrons. The topological polar surface area (TPSA) is 117 Å². The number of rotatable bonds is 9. The zero-order chi connectivity index (χ0) is 27.6. The number of sulfonamides is 1. The van der Waals surface area contributed by atoms with Crippen molar-refractivity contribution in [3.05, 3.63) is 90.4 Å². The van der Waals surface area contributed by atoms with Gasteiger partial charge in [-0.3, -0.25) is 4.72 Å². The number of halogens is 1. The lowest BCUT2D eigenvalue weighted by atomic mass is 10.2. The quantitative estimate of drug-likeness (QED) is 0.237. The first-order valence-electron chi connectivity index (χ1n) is 12.0. The molecule has 3 aromatic carbocycles. The number of nitrogens with zero attached hydrogens (tertiary/aromatic N) is 5. The second kappa shape index (κ2) is 10.6. The highest BCUT2D eigenvalue weighted by molar-refractivity contribution is 7.92. The van der Waals surface area contributed by atoms with Crippen LogP contribution < -0.4 is 20.3 Å². The molecular weight excluding hydrogens is 519 g/mol. The summed E-state index contributed by atoms with van der Waals surface area (Å²) in [5, 5.41) is 6.42. The molecule has 0 aliphatic rings. The Kier molecular flexibility index (Phi) is 7.03. The highest BCUT2D eigenvalue weighted by Crippen LogP contribution is 2.28. The van der Waals surface area contributed by atoms with Crippen LogP contribution in [-0.2, 0) is 23.6 Å². The van der Waals surface area contributed by atoms with Crippen LogP contribution in [0.3, 0.4) is 0 Å². The number of nitrogens with one attached hydrogen (secondary N) is 3. The van der Waals surface area contributed by atoms with Crippen LogP contribution in [0.4, 0.5) is 39.2 Å². The third-order valence-electron chi connectivity index (χ3n) is 6.02. The maximum absolute atomic E-state index is 13.5. The molecule has 5 aromatic rings. The number of hydrogen-bond donors (Lipinski definition) is 3. The summed E-state index contributed by atoms with van der Waals surface area (Å²) >= 11 is 0. The summed E-state index contributed by atoms with van der Waals surface area (Å²) in [4.78, 5) is 15.6. The Balaban J connectivity index is 1.31. The number of imidazole rings is 1. The van der Waals surface area contributed by atoms with Crippen LogP contribution in [0.25, 0.3) is 11.0 Å². The summed E-state index contributed by atoms with van der Waals surface area (Å²) in [5.41, 5.74) is 4.65. The van der Waals surface area contributed by atoms with E-state index < -0.39 is 10.0 Å². The Morgan fingerprint density at radius 1 is 0.974 bits per heavy atom. The van der Waals surface area contributed by atoms with Crippen molar-refractivity contribution in [3.63, 3.8) is 0 Å². The van der Waals surface area contributed by atoms with Gasteiger partial charge in [-0.2, -0.15) is 4.98 Å². The number of fused-ring (bicyclic) bond motifs is 1. The van der Waals surface area contributed by atoms with Crippen molar-refractivity contribution in [3.8, 4) is 0 Å². The molecule has 0 radical (unpaired) electrons. The summed E-state index contributed by atoms with van der Waals surface area (Å²) in [6.45, 7) is 0.454. The van der Waals surface area contributed by atoms with Gasteiger partial charge < -0.3 is 20.1 Å². The predicted molar refractivity (Wildman–Crippen MR) is 153 cm³/mol. The van der Waals surface area contributed by atoms with E-state index in [9.17, 15) is 12.8 Å². The molecule has 2 heterocycles. The van der Waals surface area contributed by atoms with Crippen molar-refractivity contribution in [1.82, 2.24) is 19.5 Å². The zero-order valence-electron chi connectivity index (χ0n) is 21.6. The fourth-order valence-electron chi connectivity index (χ4n) is 4.08. The van der Waals surface area contributed by atoms with Gasteiger partial charge in [-0.05, 0) is 66.2 Å². The number of aromatic nitrogens is 4. The van der Waals surface area contributed by atoms with Crippen LogP contribution in [0.2, 0.25) is 0 Å². The Labute approximate surface area is 225 Å². The lowest BCUT2D eigenvalue weighted by Crippen LogP contribution is -2.12.